The molecule has 0 spiro atoms. The summed E-state index contributed by atoms with van der Waals surface area (Å²) >= 11 is 0. The van der Waals surface area contributed by atoms with Gasteiger partial charge in [-0.1, -0.05) is 6.92 Å². The zero-order valence-corrected chi connectivity index (χ0v) is 13.7. The van der Waals surface area contributed by atoms with E-state index in [9.17, 15) is 23.1 Å². The van der Waals surface area contributed by atoms with Gasteiger partial charge in [0.2, 0.25) is 0 Å². The number of alkyl halides is 3. The molecular weight excluding hydrogens is 309 g/mol. The Morgan fingerprint density at radius 1 is 1.22 bits per heavy atom. The van der Waals surface area contributed by atoms with E-state index in [4.69, 9.17) is 4.74 Å². The third-order valence-electron chi connectivity index (χ3n) is 6.44. The van der Waals surface area contributed by atoms with Crippen LogP contribution in [0.1, 0.15) is 58.8 Å². The number of carbonyl (C=O) groups is 1. The van der Waals surface area contributed by atoms with Crippen LogP contribution < -0.4 is 0 Å². The molecule has 0 aromatic heterocycles. The molecule has 3 nitrogen and oxygen atoms in total. The largest absolute Gasteiger partial charge is 0.464 e. The Bertz CT molecular complexity index is 488. The standard InChI is InChI=1S/C17H25F3O3/c1-3-14(2,17(18,19)20)13(21)23-10-15-5-11-4-12(6-15)8-16(22,7-11)9-15/h11-12,22H,3-10H2,1-2H3. The molecule has 3 unspecified atom stereocenters. The molecule has 4 aliphatic carbocycles. The van der Waals surface area contributed by atoms with E-state index >= 15 is 0 Å². The lowest BCUT2D eigenvalue weighted by molar-refractivity contribution is -0.237. The van der Waals surface area contributed by atoms with Crippen LogP contribution in [-0.2, 0) is 9.53 Å². The first kappa shape index (κ1) is 17.1. The van der Waals surface area contributed by atoms with Gasteiger partial charge in [-0.05, 0) is 63.7 Å². The Morgan fingerprint density at radius 3 is 2.22 bits per heavy atom. The summed E-state index contributed by atoms with van der Waals surface area (Å²) < 4.78 is 44.7. The monoisotopic (exact) mass is 334 g/mol. The minimum absolute atomic E-state index is 0.00676. The maximum Gasteiger partial charge on any atom is 0.404 e. The van der Waals surface area contributed by atoms with Crippen molar-refractivity contribution in [1.82, 2.24) is 0 Å². The summed E-state index contributed by atoms with van der Waals surface area (Å²) in [4.78, 5) is 12.1. The second-order valence-corrected chi connectivity index (χ2v) is 8.44. The lowest BCUT2D eigenvalue weighted by Gasteiger charge is -2.60. The Balaban J connectivity index is 1.70. The highest BCUT2D eigenvalue weighted by molar-refractivity contribution is 5.77. The van der Waals surface area contributed by atoms with Crippen molar-refractivity contribution in [2.24, 2.45) is 22.7 Å². The Morgan fingerprint density at radius 2 is 1.78 bits per heavy atom. The molecular formula is C17H25F3O3. The fourth-order valence-electron chi connectivity index (χ4n) is 5.41. The van der Waals surface area contributed by atoms with E-state index in [2.05, 4.69) is 0 Å². The van der Waals surface area contributed by atoms with Crippen molar-refractivity contribution in [1.29, 1.82) is 0 Å². The number of hydrogen-bond donors (Lipinski definition) is 1. The van der Waals surface area contributed by atoms with Crippen LogP contribution in [0.4, 0.5) is 13.2 Å². The minimum Gasteiger partial charge on any atom is -0.464 e. The van der Waals surface area contributed by atoms with Crippen LogP contribution in [0.25, 0.3) is 0 Å². The fourth-order valence-corrected chi connectivity index (χ4v) is 5.41. The highest BCUT2D eigenvalue weighted by Gasteiger charge is 2.59. The zero-order chi connectivity index (χ0) is 17.1. The van der Waals surface area contributed by atoms with Crippen molar-refractivity contribution in [2.75, 3.05) is 6.61 Å². The van der Waals surface area contributed by atoms with Crippen LogP contribution in [0.3, 0.4) is 0 Å². The molecule has 0 aliphatic heterocycles. The molecule has 0 saturated heterocycles. The molecule has 0 aromatic rings. The number of esters is 1. The van der Waals surface area contributed by atoms with E-state index in [0.717, 1.165) is 39.0 Å². The fraction of sp³-hybridized carbons (Fsp3) is 0.941. The van der Waals surface area contributed by atoms with E-state index in [1.165, 1.54) is 6.92 Å². The van der Waals surface area contributed by atoms with Gasteiger partial charge in [0.15, 0.2) is 5.41 Å². The third-order valence-corrected chi connectivity index (χ3v) is 6.44. The maximum atomic E-state index is 13.2. The average molecular weight is 334 g/mol. The van der Waals surface area contributed by atoms with Crippen LogP contribution in [0.15, 0.2) is 0 Å². The van der Waals surface area contributed by atoms with Gasteiger partial charge in [-0.25, -0.2) is 0 Å². The zero-order valence-electron chi connectivity index (χ0n) is 13.7. The van der Waals surface area contributed by atoms with E-state index < -0.39 is 23.2 Å². The number of halogens is 3. The van der Waals surface area contributed by atoms with Gasteiger partial charge in [0.1, 0.15) is 0 Å². The summed E-state index contributed by atoms with van der Waals surface area (Å²) in [5, 5.41) is 10.6. The van der Waals surface area contributed by atoms with Gasteiger partial charge in [0.05, 0.1) is 12.2 Å². The number of ether oxygens (including phenoxy) is 1. The minimum atomic E-state index is -4.61. The summed E-state index contributed by atoms with van der Waals surface area (Å²) in [7, 11) is 0. The maximum absolute atomic E-state index is 13.2. The summed E-state index contributed by atoms with van der Waals surface area (Å²) in [6.07, 6.45) is -0.0247. The Labute approximate surface area is 134 Å². The highest BCUT2D eigenvalue weighted by Crippen LogP contribution is 2.61. The molecule has 4 bridgehead atoms. The van der Waals surface area contributed by atoms with Crippen molar-refractivity contribution in [3.63, 3.8) is 0 Å². The van der Waals surface area contributed by atoms with Gasteiger partial charge in [-0.2, -0.15) is 13.2 Å². The summed E-state index contributed by atoms with van der Waals surface area (Å²) in [6.45, 7) is 2.26. The molecule has 4 rings (SSSR count). The molecule has 1 N–H and O–H groups in total. The lowest BCUT2D eigenvalue weighted by atomic mass is 9.48. The molecule has 4 aliphatic rings. The van der Waals surface area contributed by atoms with Crippen molar-refractivity contribution in [2.45, 2.75) is 70.6 Å². The van der Waals surface area contributed by atoms with Crippen molar-refractivity contribution in [3.8, 4) is 0 Å². The first-order valence-electron chi connectivity index (χ1n) is 8.47. The molecule has 0 heterocycles. The predicted molar refractivity (Wildman–Crippen MR) is 77.5 cm³/mol. The van der Waals surface area contributed by atoms with Crippen LogP contribution in [0.5, 0.6) is 0 Å². The van der Waals surface area contributed by atoms with Gasteiger partial charge < -0.3 is 9.84 Å². The van der Waals surface area contributed by atoms with Gasteiger partial charge >= 0.3 is 12.1 Å². The summed E-state index contributed by atoms with van der Waals surface area (Å²) in [5.41, 5.74) is -3.48. The van der Waals surface area contributed by atoms with Crippen molar-refractivity contribution in [3.05, 3.63) is 0 Å². The summed E-state index contributed by atoms with van der Waals surface area (Å²) in [5.74, 6) is -0.351. The van der Waals surface area contributed by atoms with Crippen molar-refractivity contribution >= 4 is 5.97 Å². The first-order chi connectivity index (χ1) is 10.5. The van der Waals surface area contributed by atoms with Crippen molar-refractivity contribution < 1.29 is 27.8 Å². The number of carbonyl (C=O) groups excluding carboxylic acids is 1. The number of aliphatic hydroxyl groups is 1. The number of hydrogen-bond acceptors (Lipinski definition) is 3. The molecule has 6 heteroatoms. The molecule has 0 aromatic carbocycles. The van der Waals surface area contributed by atoms with Gasteiger partial charge in [0, 0.05) is 5.41 Å². The Kier molecular flexibility index (Phi) is 3.79. The molecule has 4 fully saturated rings. The van der Waals surface area contributed by atoms with Gasteiger partial charge in [-0.3, -0.25) is 4.79 Å². The molecule has 23 heavy (non-hydrogen) atoms. The predicted octanol–water partition coefficient (Wildman–Crippen LogP) is 3.84. The van der Waals surface area contributed by atoms with E-state index in [1.807, 2.05) is 0 Å². The topological polar surface area (TPSA) is 46.5 Å². The van der Waals surface area contributed by atoms with E-state index in [1.54, 1.807) is 0 Å². The molecule has 0 radical (unpaired) electrons. The molecule has 0 amide bonds. The molecule has 132 valence electrons. The SMILES string of the molecule is CCC(C)(C(=O)OCC12CC3CC(CC(O)(C3)C1)C2)C(F)(F)F. The highest BCUT2D eigenvalue weighted by atomic mass is 19.4. The summed E-state index contributed by atoms with van der Waals surface area (Å²) in [6, 6.07) is 0. The normalized spacial score (nSPS) is 41.7. The quantitative estimate of drug-likeness (QED) is 0.795. The number of rotatable bonds is 4. The second kappa shape index (κ2) is 5.11. The van der Waals surface area contributed by atoms with Crippen LogP contribution >= 0.6 is 0 Å². The van der Waals surface area contributed by atoms with E-state index in [-0.39, 0.29) is 18.4 Å². The average Bonchev–Trinajstić information content (AvgIpc) is 2.40. The lowest BCUT2D eigenvalue weighted by Crippen LogP contribution is -2.57. The first-order valence-corrected chi connectivity index (χ1v) is 8.47. The third kappa shape index (κ3) is 2.77. The van der Waals surface area contributed by atoms with Gasteiger partial charge in [0.25, 0.3) is 0 Å². The van der Waals surface area contributed by atoms with Crippen LogP contribution in [0, 0.1) is 22.7 Å². The molecule has 4 saturated carbocycles. The van der Waals surface area contributed by atoms with Crippen LogP contribution in [0.2, 0.25) is 0 Å². The second-order valence-electron chi connectivity index (χ2n) is 8.44. The Hall–Kier alpha value is -0.780. The van der Waals surface area contributed by atoms with Crippen LogP contribution in [-0.4, -0.2) is 29.5 Å². The van der Waals surface area contributed by atoms with E-state index in [0.29, 0.717) is 18.3 Å². The molecule has 3 atom stereocenters. The van der Waals surface area contributed by atoms with Gasteiger partial charge in [-0.15, -0.1) is 0 Å². The smallest absolute Gasteiger partial charge is 0.404 e.